The third kappa shape index (κ3) is 4.20. The topological polar surface area (TPSA) is 78.6 Å². The van der Waals surface area contributed by atoms with Crippen LogP contribution in [0.2, 0.25) is 5.15 Å². The van der Waals surface area contributed by atoms with Crippen LogP contribution in [0.4, 0.5) is 17.6 Å². The smallest absolute Gasteiger partial charge is 0.433 e. The normalized spacial score (nSPS) is 11.8. The zero-order chi connectivity index (χ0) is 23.0. The summed E-state index contributed by atoms with van der Waals surface area (Å²) in [5.74, 6) is -0.454. The lowest BCUT2D eigenvalue weighted by Crippen LogP contribution is -2.15. The second-order valence-electron chi connectivity index (χ2n) is 6.75. The fourth-order valence-electron chi connectivity index (χ4n) is 3.22. The zero-order valence-corrected chi connectivity index (χ0v) is 17.5. The van der Waals surface area contributed by atoms with E-state index in [4.69, 9.17) is 16.3 Å². The van der Waals surface area contributed by atoms with Gasteiger partial charge in [0.15, 0.2) is 11.3 Å². The molecule has 0 amide bonds. The number of pyridine rings is 2. The van der Waals surface area contributed by atoms with Crippen molar-refractivity contribution in [1.82, 2.24) is 29.5 Å². The predicted molar refractivity (Wildman–Crippen MR) is 108 cm³/mol. The van der Waals surface area contributed by atoms with E-state index in [9.17, 15) is 17.6 Å². The van der Waals surface area contributed by atoms with Gasteiger partial charge in [-0.3, -0.25) is 4.98 Å². The standard InChI is InChI=1S/C20H15ClF4N6O/c1-3-32-19-27-10(2)15-18(30-19)31(17(29-15)12-6-13(22)8-26-7-12)9-11-4-5-14(21)28-16(11)20(23,24)25/h4-8H,3,9H2,1-2H3. The molecule has 4 heterocycles. The van der Waals surface area contributed by atoms with E-state index < -0.39 is 17.7 Å². The summed E-state index contributed by atoms with van der Waals surface area (Å²) >= 11 is 5.70. The Balaban J connectivity index is 1.98. The van der Waals surface area contributed by atoms with Crippen LogP contribution >= 0.6 is 11.6 Å². The summed E-state index contributed by atoms with van der Waals surface area (Å²) in [5.41, 5.74) is -0.0255. The SMILES string of the molecule is CCOc1nc(C)c2nc(-c3cncc(F)c3)n(Cc3ccc(Cl)nc3C(F)(F)F)c2n1. The van der Waals surface area contributed by atoms with Crippen molar-refractivity contribution in [2.75, 3.05) is 6.61 Å². The largest absolute Gasteiger partial charge is 0.464 e. The third-order valence-electron chi connectivity index (χ3n) is 4.53. The molecule has 4 rings (SSSR count). The highest BCUT2D eigenvalue weighted by Gasteiger charge is 2.36. The average molecular weight is 467 g/mol. The molecule has 0 fully saturated rings. The highest BCUT2D eigenvalue weighted by Crippen LogP contribution is 2.34. The Morgan fingerprint density at radius 3 is 2.56 bits per heavy atom. The molecule has 0 bridgehead atoms. The number of ether oxygens (including phenoxy) is 1. The van der Waals surface area contributed by atoms with Crippen LogP contribution in [0.5, 0.6) is 6.01 Å². The monoisotopic (exact) mass is 466 g/mol. The number of hydrogen-bond acceptors (Lipinski definition) is 6. The van der Waals surface area contributed by atoms with E-state index in [-0.39, 0.29) is 40.3 Å². The number of aromatic nitrogens is 6. The van der Waals surface area contributed by atoms with Crippen molar-refractivity contribution < 1.29 is 22.3 Å². The van der Waals surface area contributed by atoms with Gasteiger partial charge in [-0.2, -0.15) is 23.1 Å². The number of hydrogen-bond donors (Lipinski definition) is 0. The Hall–Kier alpha value is -3.34. The molecule has 32 heavy (non-hydrogen) atoms. The molecule has 0 saturated heterocycles. The van der Waals surface area contributed by atoms with Gasteiger partial charge in [0, 0.05) is 17.3 Å². The minimum atomic E-state index is -4.74. The van der Waals surface area contributed by atoms with Gasteiger partial charge in [0.1, 0.15) is 22.3 Å². The lowest BCUT2D eigenvalue weighted by atomic mass is 10.1. The Kier molecular flexibility index (Phi) is 5.68. The molecule has 4 aromatic heterocycles. The van der Waals surface area contributed by atoms with E-state index in [0.29, 0.717) is 17.8 Å². The van der Waals surface area contributed by atoms with E-state index in [0.717, 1.165) is 6.20 Å². The average Bonchev–Trinajstić information content (AvgIpc) is 3.08. The van der Waals surface area contributed by atoms with Gasteiger partial charge in [-0.25, -0.2) is 14.4 Å². The molecule has 0 aliphatic heterocycles. The van der Waals surface area contributed by atoms with Crippen LogP contribution in [0.25, 0.3) is 22.6 Å². The van der Waals surface area contributed by atoms with Crippen molar-refractivity contribution in [2.24, 2.45) is 0 Å². The molecule has 166 valence electrons. The zero-order valence-electron chi connectivity index (χ0n) is 16.8. The van der Waals surface area contributed by atoms with Crippen LogP contribution in [-0.4, -0.2) is 36.1 Å². The molecular weight excluding hydrogens is 452 g/mol. The van der Waals surface area contributed by atoms with E-state index in [1.165, 1.54) is 29.0 Å². The Morgan fingerprint density at radius 2 is 1.88 bits per heavy atom. The quantitative estimate of drug-likeness (QED) is 0.309. The van der Waals surface area contributed by atoms with Crippen molar-refractivity contribution in [3.8, 4) is 17.4 Å². The summed E-state index contributed by atoms with van der Waals surface area (Å²) < 4.78 is 61.5. The first-order chi connectivity index (χ1) is 15.2. The molecule has 0 atom stereocenters. The number of imidazole rings is 1. The summed E-state index contributed by atoms with van der Waals surface area (Å²) in [5, 5.41) is -0.289. The Morgan fingerprint density at radius 1 is 1.09 bits per heavy atom. The van der Waals surface area contributed by atoms with Crippen molar-refractivity contribution in [3.63, 3.8) is 0 Å². The fraction of sp³-hybridized carbons (Fsp3) is 0.250. The van der Waals surface area contributed by atoms with E-state index >= 15 is 0 Å². The number of nitrogens with zero attached hydrogens (tertiary/aromatic N) is 6. The summed E-state index contributed by atoms with van der Waals surface area (Å²) in [4.78, 5) is 20.3. The molecule has 0 aliphatic rings. The van der Waals surface area contributed by atoms with Gasteiger partial charge in [0.25, 0.3) is 0 Å². The number of fused-ring (bicyclic) bond motifs is 1. The molecule has 0 unspecified atom stereocenters. The molecule has 7 nitrogen and oxygen atoms in total. The van der Waals surface area contributed by atoms with Gasteiger partial charge >= 0.3 is 12.2 Å². The lowest BCUT2D eigenvalue weighted by molar-refractivity contribution is -0.141. The summed E-state index contributed by atoms with van der Waals surface area (Å²) in [6.45, 7) is 3.39. The van der Waals surface area contributed by atoms with Crippen molar-refractivity contribution in [3.05, 3.63) is 58.5 Å². The third-order valence-corrected chi connectivity index (χ3v) is 4.74. The fourth-order valence-corrected chi connectivity index (χ4v) is 3.37. The number of alkyl halides is 3. The molecule has 0 N–H and O–H groups in total. The molecule has 12 heteroatoms. The number of halogens is 5. The van der Waals surface area contributed by atoms with Crippen molar-refractivity contribution in [1.29, 1.82) is 0 Å². The second-order valence-corrected chi connectivity index (χ2v) is 7.14. The summed E-state index contributed by atoms with van der Waals surface area (Å²) in [6.07, 6.45) is -2.37. The molecule has 0 saturated carbocycles. The highest BCUT2D eigenvalue weighted by molar-refractivity contribution is 6.29. The minimum absolute atomic E-state index is 0.0489. The maximum Gasteiger partial charge on any atom is 0.433 e. The highest BCUT2D eigenvalue weighted by atomic mass is 35.5. The van der Waals surface area contributed by atoms with Crippen LogP contribution in [-0.2, 0) is 12.7 Å². The summed E-state index contributed by atoms with van der Waals surface area (Å²) in [7, 11) is 0. The molecule has 0 aliphatic carbocycles. The first-order valence-corrected chi connectivity index (χ1v) is 9.76. The van der Waals surface area contributed by atoms with Crippen LogP contribution < -0.4 is 4.74 Å². The van der Waals surface area contributed by atoms with Crippen molar-refractivity contribution >= 4 is 22.8 Å². The molecule has 0 spiro atoms. The number of rotatable bonds is 5. The molecule has 0 radical (unpaired) electrons. The molecular formula is C20H15ClF4N6O. The second kappa shape index (κ2) is 8.30. The van der Waals surface area contributed by atoms with Crippen LogP contribution in [0.3, 0.4) is 0 Å². The Bertz CT molecular complexity index is 1310. The lowest BCUT2D eigenvalue weighted by Gasteiger charge is -2.14. The maximum absolute atomic E-state index is 13.9. The van der Waals surface area contributed by atoms with Gasteiger partial charge in [0.05, 0.1) is 25.0 Å². The first kappa shape index (κ1) is 21.9. The van der Waals surface area contributed by atoms with Gasteiger partial charge in [-0.1, -0.05) is 17.7 Å². The van der Waals surface area contributed by atoms with Gasteiger partial charge in [0.2, 0.25) is 0 Å². The van der Waals surface area contributed by atoms with Crippen molar-refractivity contribution in [2.45, 2.75) is 26.6 Å². The van der Waals surface area contributed by atoms with Crippen LogP contribution in [0.1, 0.15) is 23.9 Å². The van der Waals surface area contributed by atoms with Gasteiger partial charge < -0.3 is 9.30 Å². The van der Waals surface area contributed by atoms with Gasteiger partial charge in [-0.05, 0) is 26.0 Å². The van der Waals surface area contributed by atoms with Crippen LogP contribution in [0, 0.1) is 12.7 Å². The van der Waals surface area contributed by atoms with E-state index in [1.807, 2.05) is 0 Å². The van der Waals surface area contributed by atoms with Crippen LogP contribution in [0.15, 0.2) is 30.6 Å². The Labute approximate surface area is 184 Å². The first-order valence-electron chi connectivity index (χ1n) is 9.38. The summed E-state index contributed by atoms with van der Waals surface area (Å²) in [6, 6.07) is 3.73. The maximum atomic E-state index is 13.9. The van der Waals surface area contributed by atoms with Gasteiger partial charge in [-0.15, -0.1) is 0 Å². The number of aryl methyl sites for hydroxylation is 1. The van der Waals surface area contributed by atoms with E-state index in [1.54, 1.807) is 13.8 Å². The predicted octanol–water partition coefficient (Wildman–Crippen LogP) is 4.85. The molecule has 4 aromatic rings. The van der Waals surface area contributed by atoms with E-state index in [2.05, 4.69) is 24.9 Å². The molecule has 0 aromatic carbocycles. The minimum Gasteiger partial charge on any atom is -0.464 e.